The highest BCUT2D eigenvalue weighted by Gasteiger charge is 2.41. The van der Waals surface area contributed by atoms with E-state index in [9.17, 15) is 4.79 Å². The lowest BCUT2D eigenvalue weighted by Gasteiger charge is -2.38. The molecule has 0 bridgehead atoms. The number of pyridine rings is 1. The SMILES string of the molecule is Cl.Cl.NCCC1CCC(C(N)=O)(c2ccncc2)CC1.O. The third kappa shape index (κ3) is 4.81. The van der Waals surface area contributed by atoms with Gasteiger partial charge in [-0.05, 0) is 62.3 Å². The molecule has 21 heavy (non-hydrogen) atoms. The average molecular weight is 338 g/mol. The van der Waals surface area contributed by atoms with Crippen LogP contribution in [0.5, 0.6) is 0 Å². The minimum atomic E-state index is -0.492. The summed E-state index contributed by atoms with van der Waals surface area (Å²) in [4.78, 5) is 15.9. The fraction of sp³-hybridized carbons (Fsp3) is 0.571. The minimum Gasteiger partial charge on any atom is -0.412 e. The molecule has 0 atom stereocenters. The molecule has 0 spiro atoms. The van der Waals surface area contributed by atoms with Gasteiger partial charge in [0.1, 0.15) is 0 Å². The first-order chi connectivity index (χ1) is 8.69. The molecule has 1 saturated carbocycles. The zero-order valence-corrected chi connectivity index (χ0v) is 13.6. The van der Waals surface area contributed by atoms with Gasteiger partial charge >= 0.3 is 0 Å². The lowest BCUT2D eigenvalue weighted by Crippen LogP contribution is -2.44. The Balaban J connectivity index is 0. The van der Waals surface area contributed by atoms with Gasteiger partial charge in [-0.3, -0.25) is 9.78 Å². The fourth-order valence-electron chi connectivity index (χ4n) is 3.04. The Labute approximate surface area is 138 Å². The molecule has 0 saturated heterocycles. The van der Waals surface area contributed by atoms with E-state index in [2.05, 4.69) is 4.98 Å². The third-order valence-corrected chi connectivity index (χ3v) is 4.24. The molecule has 1 fully saturated rings. The number of amides is 1. The standard InChI is InChI=1S/C14H21N3O.2ClH.H2O/c15-8-3-11-1-6-14(7-2-11,13(16)18)12-4-9-17-10-5-12;;;/h4-5,9-11H,1-3,6-8,15H2,(H2,16,18);2*1H;1H2. The topological polar surface area (TPSA) is 114 Å². The first kappa shape index (κ1) is 22.4. The summed E-state index contributed by atoms with van der Waals surface area (Å²) in [5, 5.41) is 0. The van der Waals surface area contributed by atoms with Crippen molar-refractivity contribution in [3.8, 4) is 0 Å². The van der Waals surface area contributed by atoms with Crippen molar-refractivity contribution in [3.05, 3.63) is 30.1 Å². The molecule has 0 aromatic carbocycles. The Hall–Kier alpha value is -0.880. The Morgan fingerprint density at radius 2 is 1.76 bits per heavy atom. The molecule has 7 heteroatoms. The second-order valence-corrected chi connectivity index (χ2v) is 5.20. The molecule has 1 aliphatic rings. The van der Waals surface area contributed by atoms with E-state index in [1.807, 2.05) is 12.1 Å². The molecule has 6 N–H and O–H groups in total. The van der Waals surface area contributed by atoms with Gasteiger partial charge in [-0.25, -0.2) is 0 Å². The summed E-state index contributed by atoms with van der Waals surface area (Å²) in [7, 11) is 0. The van der Waals surface area contributed by atoms with Gasteiger partial charge in [-0.1, -0.05) is 0 Å². The summed E-state index contributed by atoms with van der Waals surface area (Å²) < 4.78 is 0. The van der Waals surface area contributed by atoms with E-state index in [0.717, 1.165) is 44.2 Å². The second-order valence-electron chi connectivity index (χ2n) is 5.20. The number of nitrogens with zero attached hydrogens (tertiary/aromatic N) is 1. The third-order valence-electron chi connectivity index (χ3n) is 4.24. The molecule has 0 radical (unpaired) electrons. The van der Waals surface area contributed by atoms with E-state index >= 15 is 0 Å². The molecule has 2 rings (SSSR count). The van der Waals surface area contributed by atoms with Gasteiger partial charge < -0.3 is 16.9 Å². The predicted molar refractivity (Wildman–Crippen MR) is 88.8 cm³/mol. The first-order valence-electron chi connectivity index (χ1n) is 6.59. The number of primary amides is 1. The summed E-state index contributed by atoms with van der Waals surface area (Å²) >= 11 is 0. The summed E-state index contributed by atoms with van der Waals surface area (Å²) in [6.45, 7) is 0.726. The normalized spacial score (nSPS) is 24.0. The van der Waals surface area contributed by atoms with E-state index in [0.29, 0.717) is 5.92 Å². The fourth-order valence-corrected chi connectivity index (χ4v) is 3.04. The maximum absolute atomic E-state index is 11.9. The highest BCUT2D eigenvalue weighted by atomic mass is 35.5. The molecular formula is C14H25Cl2N3O2. The van der Waals surface area contributed by atoms with Crippen molar-refractivity contribution in [2.75, 3.05) is 6.54 Å². The van der Waals surface area contributed by atoms with Crippen LogP contribution >= 0.6 is 24.8 Å². The molecule has 0 unspecified atom stereocenters. The number of hydrogen-bond donors (Lipinski definition) is 2. The monoisotopic (exact) mass is 337 g/mol. The van der Waals surface area contributed by atoms with Gasteiger partial charge in [0, 0.05) is 12.4 Å². The van der Waals surface area contributed by atoms with E-state index < -0.39 is 5.41 Å². The molecule has 0 aliphatic heterocycles. The van der Waals surface area contributed by atoms with Crippen molar-refractivity contribution < 1.29 is 10.3 Å². The molecule has 1 heterocycles. The number of aromatic nitrogens is 1. The summed E-state index contributed by atoms with van der Waals surface area (Å²) in [6, 6.07) is 3.82. The van der Waals surface area contributed by atoms with Crippen molar-refractivity contribution in [2.24, 2.45) is 17.4 Å². The number of carbonyl (C=O) groups is 1. The maximum atomic E-state index is 11.9. The number of nitrogens with two attached hydrogens (primary N) is 2. The predicted octanol–water partition coefficient (Wildman–Crippen LogP) is 1.36. The summed E-state index contributed by atoms with van der Waals surface area (Å²) in [5.74, 6) is 0.434. The zero-order valence-electron chi connectivity index (χ0n) is 12.0. The molecule has 1 amide bonds. The van der Waals surface area contributed by atoms with Gasteiger partial charge in [0.25, 0.3) is 0 Å². The van der Waals surface area contributed by atoms with Crippen LogP contribution in [0.15, 0.2) is 24.5 Å². The summed E-state index contributed by atoms with van der Waals surface area (Å²) in [6.07, 6.45) is 8.22. The lowest BCUT2D eigenvalue weighted by atomic mass is 9.66. The van der Waals surface area contributed by atoms with Gasteiger partial charge in [-0.2, -0.15) is 0 Å². The van der Waals surface area contributed by atoms with E-state index in [4.69, 9.17) is 11.5 Å². The Kier molecular flexibility index (Phi) is 10.6. The number of rotatable bonds is 4. The lowest BCUT2D eigenvalue weighted by molar-refractivity contribution is -0.125. The van der Waals surface area contributed by atoms with Crippen molar-refractivity contribution in [1.29, 1.82) is 0 Å². The van der Waals surface area contributed by atoms with Crippen molar-refractivity contribution >= 4 is 30.7 Å². The quantitative estimate of drug-likeness (QED) is 0.864. The maximum Gasteiger partial charge on any atom is 0.228 e. The van der Waals surface area contributed by atoms with Gasteiger partial charge in [0.15, 0.2) is 0 Å². The number of carbonyl (C=O) groups excluding carboxylic acids is 1. The van der Waals surface area contributed by atoms with Crippen LogP contribution in [0.3, 0.4) is 0 Å². The first-order valence-corrected chi connectivity index (χ1v) is 6.59. The highest BCUT2D eigenvalue weighted by molar-refractivity contribution is 5.86. The van der Waals surface area contributed by atoms with Gasteiger partial charge in [-0.15, -0.1) is 24.8 Å². The average Bonchev–Trinajstić information content (AvgIpc) is 2.41. The minimum absolute atomic E-state index is 0. The second kappa shape index (κ2) is 9.95. The molecule has 122 valence electrons. The van der Waals surface area contributed by atoms with Crippen LogP contribution in [-0.2, 0) is 10.2 Å². The number of hydrogen-bond acceptors (Lipinski definition) is 3. The van der Waals surface area contributed by atoms with Crippen molar-refractivity contribution in [2.45, 2.75) is 37.5 Å². The van der Waals surface area contributed by atoms with Gasteiger partial charge in [0.05, 0.1) is 5.41 Å². The summed E-state index contributed by atoms with van der Waals surface area (Å²) in [5.41, 5.74) is 11.8. The smallest absolute Gasteiger partial charge is 0.228 e. The van der Waals surface area contributed by atoms with E-state index in [1.165, 1.54) is 0 Å². The molecule has 5 nitrogen and oxygen atoms in total. The molecule has 1 aromatic rings. The van der Waals surface area contributed by atoms with Crippen LogP contribution in [0.1, 0.15) is 37.7 Å². The Morgan fingerprint density at radius 3 is 2.19 bits per heavy atom. The Bertz CT molecular complexity index is 410. The van der Waals surface area contributed by atoms with Crippen molar-refractivity contribution in [3.63, 3.8) is 0 Å². The van der Waals surface area contributed by atoms with Gasteiger partial charge in [0.2, 0.25) is 5.91 Å². The van der Waals surface area contributed by atoms with E-state index in [-0.39, 0.29) is 36.2 Å². The van der Waals surface area contributed by atoms with Crippen LogP contribution in [0.2, 0.25) is 0 Å². The van der Waals surface area contributed by atoms with Crippen LogP contribution in [0.25, 0.3) is 0 Å². The highest BCUT2D eigenvalue weighted by Crippen LogP contribution is 2.42. The van der Waals surface area contributed by atoms with Crippen LogP contribution in [0.4, 0.5) is 0 Å². The molecule has 1 aliphatic carbocycles. The zero-order chi connectivity index (χ0) is 13.0. The Morgan fingerprint density at radius 1 is 1.24 bits per heavy atom. The molecule has 1 aromatic heterocycles. The van der Waals surface area contributed by atoms with E-state index in [1.54, 1.807) is 12.4 Å². The van der Waals surface area contributed by atoms with Crippen LogP contribution in [0, 0.1) is 5.92 Å². The van der Waals surface area contributed by atoms with Crippen LogP contribution < -0.4 is 11.5 Å². The largest absolute Gasteiger partial charge is 0.412 e. The number of halogens is 2. The van der Waals surface area contributed by atoms with Crippen LogP contribution in [-0.4, -0.2) is 22.9 Å². The molecular weight excluding hydrogens is 313 g/mol. The van der Waals surface area contributed by atoms with Crippen molar-refractivity contribution in [1.82, 2.24) is 4.98 Å².